The molecular weight excluding hydrogens is 386 g/mol. The fourth-order valence-electron chi connectivity index (χ4n) is 3.02. The number of anilines is 1. The molecule has 1 amide bonds. The lowest BCUT2D eigenvalue weighted by atomic mass is 9.97. The summed E-state index contributed by atoms with van der Waals surface area (Å²) in [5, 5.41) is 12.2. The predicted octanol–water partition coefficient (Wildman–Crippen LogP) is 3.25. The number of hydrogen-bond acceptors (Lipinski definition) is 4. The number of nitrogens with zero attached hydrogens (tertiary/aromatic N) is 2. The van der Waals surface area contributed by atoms with Crippen LogP contribution in [0, 0.1) is 17.2 Å². The van der Waals surface area contributed by atoms with E-state index in [1.54, 1.807) is 36.4 Å². The zero-order chi connectivity index (χ0) is 19.4. The summed E-state index contributed by atoms with van der Waals surface area (Å²) in [6, 6.07) is 14.8. The normalized spacial score (nSPS) is 15.9. The van der Waals surface area contributed by atoms with Crippen molar-refractivity contribution in [2.75, 3.05) is 18.4 Å². The molecule has 140 valence electrons. The standard InChI is InChI=1S/C19H18ClN3O3S/c20-16-4-6-18(7-5-16)27(25,26)23-10-8-15(9-11-23)19(24)22-17-3-1-2-14(12-17)13-21/h1-7,12,15H,8-11H2,(H,22,24). The Morgan fingerprint density at radius 3 is 2.44 bits per heavy atom. The first-order valence-electron chi connectivity index (χ1n) is 8.47. The van der Waals surface area contributed by atoms with Crippen molar-refractivity contribution in [1.29, 1.82) is 5.26 Å². The van der Waals surface area contributed by atoms with Crippen molar-refractivity contribution in [3.05, 3.63) is 59.1 Å². The summed E-state index contributed by atoms with van der Waals surface area (Å²) in [6.07, 6.45) is 0.882. The van der Waals surface area contributed by atoms with Gasteiger partial charge in [0.15, 0.2) is 0 Å². The van der Waals surface area contributed by atoms with Crippen LogP contribution < -0.4 is 5.32 Å². The fourth-order valence-corrected chi connectivity index (χ4v) is 4.62. The first-order valence-corrected chi connectivity index (χ1v) is 10.3. The predicted molar refractivity (Wildman–Crippen MR) is 103 cm³/mol. The molecule has 6 nitrogen and oxygen atoms in total. The smallest absolute Gasteiger partial charge is 0.243 e. The SMILES string of the molecule is N#Cc1cccc(NC(=O)C2CCN(S(=O)(=O)c3ccc(Cl)cc3)CC2)c1. The van der Waals surface area contributed by atoms with E-state index in [2.05, 4.69) is 5.32 Å². The molecule has 3 rings (SSSR count). The number of piperidine rings is 1. The number of sulfonamides is 1. The second-order valence-electron chi connectivity index (χ2n) is 6.31. The highest BCUT2D eigenvalue weighted by molar-refractivity contribution is 7.89. The molecule has 1 saturated heterocycles. The minimum Gasteiger partial charge on any atom is -0.326 e. The van der Waals surface area contributed by atoms with Crippen molar-refractivity contribution in [2.45, 2.75) is 17.7 Å². The molecule has 1 fully saturated rings. The number of nitrogens with one attached hydrogen (secondary N) is 1. The Hall–Kier alpha value is -2.40. The van der Waals surface area contributed by atoms with Crippen LogP contribution in [0.15, 0.2) is 53.4 Å². The minimum absolute atomic E-state index is 0.159. The summed E-state index contributed by atoms with van der Waals surface area (Å²) >= 11 is 5.82. The highest BCUT2D eigenvalue weighted by atomic mass is 35.5. The topological polar surface area (TPSA) is 90.3 Å². The Balaban J connectivity index is 1.62. The lowest BCUT2D eigenvalue weighted by Gasteiger charge is -2.30. The van der Waals surface area contributed by atoms with Crippen LogP contribution in [0.3, 0.4) is 0 Å². The molecule has 0 unspecified atom stereocenters. The molecule has 1 aliphatic heterocycles. The molecule has 0 saturated carbocycles. The highest BCUT2D eigenvalue weighted by Gasteiger charge is 2.32. The zero-order valence-electron chi connectivity index (χ0n) is 14.4. The fraction of sp³-hybridized carbons (Fsp3) is 0.263. The van der Waals surface area contributed by atoms with Crippen molar-refractivity contribution in [2.24, 2.45) is 5.92 Å². The molecule has 0 bridgehead atoms. The summed E-state index contributed by atoms with van der Waals surface area (Å²) in [5.41, 5.74) is 1.03. The maximum Gasteiger partial charge on any atom is 0.243 e. The van der Waals surface area contributed by atoms with E-state index in [0.29, 0.717) is 29.1 Å². The molecule has 2 aromatic carbocycles. The van der Waals surface area contributed by atoms with Crippen LogP contribution >= 0.6 is 11.6 Å². The van der Waals surface area contributed by atoms with Crippen LogP contribution in [0.5, 0.6) is 0 Å². The summed E-state index contributed by atoms with van der Waals surface area (Å²) in [6.45, 7) is 0.558. The van der Waals surface area contributed by atoms with Crippen molar-refractivity contribution in [3.63, 3.8) is 0 Å². The second kappa shape index (κ2) is 8.09. The molecule has 0 spiro atoms. The van der Waals surface area contributed by atoms with Gasteiger partial charge in [-0.15, -0.1) is 0 Å². The zero-order valence-corrected chi connectivity index (χ0v) is 16.0. The number of carbonyl (C=O) groups is 1. The maximum absolute atomic E-state index is 12.7. The molecule has 1 aliphatic rings. The Kier molecular flexibility index (Phi) is 5.80. The minimum atomic E-state index is -3.59. The molecule has 0 radical (unpaired) electrons. The van der Waals surface area contributed by atoms with Gasteiger partial charge in [-0.3, -0.25) is 4.79 Å². The van der Waals surface area contributed by atoms with E-state index in [1.165, 1.54) is 16.4 Å². The van der Waals surface area contributed by atoms with Gasteiger partial charge in [0.1, 0.15) is 0 Å². The van der Waals surface area contributed by atoms with E-state index in [0.717, 1.165) is 0 Å². The summed E-state index contributed by atoms with van der Waals surface area (Å²) in [7, 11) is -3.59. The van der Waals surface area contributed by atoms with E-state index >= 15 is 0 Å². The Bertz CT molecular complexity index is 976. The number of halogens is 1. The van der Waals surface area contributed by atoms with Gasteiger partial charge in [-0.1, -0.05) is 17.7 Å². The largest absolute Gasteiger partial charge is 0.326 e. The number of nitriles is 1. The third kappa shape index (κ3) is 4.48. The second-order valence-corrected chi connectivity index (χ2v) is 8.69. The van der Waals surface area contributed by atoms with Gasteiger partial charge in [-0.2, -0.15) is 9.57 Å². The number of benzene rings is 2. The van der Waals surface area contributed by atoms with Crippen molar-refractivity contribution >= 4 is 33.2 Å². The molecule has 0 aliphatic carbocycles. The van der Waals surface area contributed by atoms with Gasteiger partial charge in [0.05, 0.1) is 16.5 Å². The van der Waals surface area contributed by atoms with Crippen LogP contribution in [0.4, 0.5) is 5.69 Å². The van der Waals surface area contributed by atoms with Crippen LogP contribution in [-0.4, -0.2) is 31.7 Å². The molecule has 0 aromatic heterocycles. The lowest BCUT2D eigenvalue weighted by molar-refractivity contribution is -0.120. The average molecular weight is 404 g/mol. The van der Waals surface area contributed by atoms with E-state index < -0.39 is 10.0 Å². The summed E-state index contributed by atoms with van der Waals surface area (Å²) in [4.78, 5) is 12.7. The van der Waals surface area contributed by atoms with Crippen molar-refractivity contribution in [1.82, 2.24) is 4.31 Å². The number of rotatable bonds is 4. The third-order valence-electron chi connectivity index (χ3n) is 4.54. The van der Waals surface area contributed by atoms with Gasteiger partial charge in [0.2, 0.25) is 15.9 Å². The molecule has 2 aromatic rings. The molecule has 0 atom stereocenters. The van der Waals surface area contributed by atoms with Gasteiger partial charge in [0.25, 0.3) is 0 Å². The van der Waals surface area contributed by atoms with Gasteiger partial charge < -0.3 is 5.32 Å². The summed E-state index contributed by atoms with van der Waals surface area (Å²) in [5.74, 6) is -0.430. The highest BCUT2D eigenvalue weighted by Crippen LogP contribution is 2.25. The average Bonchev–Trinajstić information content (AvgIpc) is 2.68. The van der Waals surface area contributed by atoms with E-state index in [1.807, 2.05) is 6.07 Å². The van der Waals surface area contributed by atoms with Gasteiger partial charge in [0, 0.05) is 29.7 Å². The monoisotopic (exact) mass is 403 g/mol. The number of amides is 1. The Morgan fingerprint density at radius 1 is 1.15 bits per heavy atom. The van der Waals surface area contributed by atoms with Crippen molar-refractivity contribution in [3.8, 4) is 6.07 Å². The molecule has 27 heavy (non-hydrogen) atoms. The van der Waals surface area contributed by atoms with Gasteiger partial charge in [-0.05, 0) is 55.3 Å². The van der Waals surface area contributed by atoms with Gasteiger partial charge in [-0.25, -0.2) is 8.42 Å². The van der Waals surface area contributed by atoms with Crippen LogP contribution in [-0.2, 0) is 14.8 Å². The van der Waals surface area contributed by atoms with Gasteiger partial charge >= 0.3 is 0 Å². The third-order valence-corrected chi connectivity index (χ3v) is 6.70. The molecule has 1 N–H and O–H groups in total. The number of hydrogen-bond donors (Lipinski definition) is 1. The quantitative estimate of drug-likeness (QED) is 0.848. The van der Waals surface area contributed by atoms with Crippen LogP contribution in [0.25, 0.3) is 0 Å². The molecule has 1 heterocycles. The van der Waals surface area contributed by atoms with Crippen molar-refractivity contribution < 1.29 is 13.2 Å². The lowest BCUT2D eigenvalue weighted by Crippen LogP contribution is -2.41. The Morgan fingerprint density at radius 2 is 1.81 bits per heavy atom. The molecular formula is C19H18ClN3O3S. The van der Waals surface area contributed by atoms with Crippen LogP contribution in [0.2, 0.25) is 5.02 Å². The van der Waals surface area contributed by atoms with Crippen LogP contribution in [0.1, 0.15) is 18.4 Å². The maximum atomic E-state index is 12.7. The number of carbonyl (C=O) groups excluding carboxylic acids is 1. The Labute approximate surface area is 163 Å². The van der Waals surface area contributed by atoms with E-state index in [-0.39, 0.29) is 29.8 Å². The van der Waals surface area contributed by atoms with E-state index in [4.69, 9.17) is 16.9 Å². The molecule has 8 heteroatoms. The first-order chi connectivity index (χ1) is 12.9. The first kappa shape index (κ1) is 19.4. The van der Waals surface area contributed by atoms with E-state index in [9.17, 15) is 13.2 Å². The summed E-state index contributed by atoms with van der Waals surface area (Å²) < 4.78 is 26.8.